The molecule has 120 valence electrons. The minimum absolute atomic E-state index is 0.0323. The molecule has 2 fully saturated rings. The number of hydrogen-bond donors (Lipinski definition) is 1. The molecule has 0 spiro atoms. The summed E-state index contributed by atoms with van der Waals surface area (Å²) in [6.07, 6.45) is 6.67. The predicted molar refractivity (Wildman–Crippen MR) is 82.6 cm³/mol. The van der Waals surface area contributed by atoms with Crippen LogP contribution in [0.4, 0.5) is 4.39 Å². The van der Waals surface area contributed by atoms with Gasteiger partial charge in [-0.2, -0.15) is 0 Å². The summed E-state index contributed by atoms with van der Waals surface area (Å²) in [5.74, 6) is -0.299. The molecule has 0 radical (unpaired) electrons. The zero-order valence-corrected chi connectivity index (χ0v) is 12.9. The Morgan fingerprint density at radius 3 is 2.55 bits per heavy atom. The van der Waals surface area contributed by atoms with Gasteiger partial charge in [-0.1, -0.05) is 37.5 Å². The summed E-state index contributed by atoms with van der Waals surface area (Å²) in [5.41, 5.74) is -0.295. The molecule has 0 bridgehead atoms. The van der Waals surface area contributed by atoms with Crippen LogP contribution in [0.15, 0.2) is 24.3 Å². The van der Waals surface area contributed by atoms with E-state index in [9.17, 15) is 14.3 Å². The summed E-state index contributed by atoms with van der Waals surface area (Å²) in [5, 5.41) is 10.6. The highest BCUT2D eigenvalue weighted by atomic mass is 19.1. The van der Waals surface area contributed by atoms with E-state index in [-0.39, 0.29) is 24.2 Å². The van der Waals surface area contributed by atoms with Crippen molar-refractivity contribution in [3.8, 4) is 0 Å². The topological polar surface area (TPSA) is 40.5 Å². The van der Waals surface area contributed by atoms with Crippen LogP contribution in [0.2, 0.25) is 0 Å². The second kappa shape index (κ2) is 6.37. The standard InChI is InChI=1S/C18H24FNO2/c19-16-7-3-2-6-14(16)13-20(15-8-9-15)17(21)12-18(22)10-4-1-5-11-18/h2-3,6-7,15,22H,1,4-5,8-13H2. The van der Waals surface area contributed by atoms with Crippen molar-refractivity contribution in [1.82, 2.24) is 4.90 Å². The number of hydrogen-bond acceptors (Lipinski definition) is 2. The summed E-state index contributed by atoms with van der Waals surface area (Å²) >= 11 is 0. The van der Waals surface area contributed by atoms with Crippen molar-refractivity contribution in [2.75, 3.05) is 0 Å². The zero-order valence-electron chi connectivity index (χ0n) is 12.9. The van der Waals surface area contributed by atoms with E-state index in [1.807, 2.05) is 0 Å². The molecule has 3 rings (SSSR count). The van der Waals surface area contributed by atoms with Gasteiger partial charge in [-0.15, -0.1) is 0 Å². The van der Waals surface area contributed by atoms with Gasteiger partial charge in [0.15, 0.2) is 0 Å². The number of aliphatic hydroxyl groups is 1. The molecule has 0 aliphatic heterocycles. The molecule has 0 saturated heterocycles. The molecule has 0 atom stereocenters. The molecule has 2 aliphatic rings. The lowest BCUT2D eigenvalue weighted by atomic mass is 9.82. The Bertz CT molecular complexity index is 536. The molecule has 1 aromatic rings. The molecule has 1 N–H and O–H groups in total. The van der Waals surface area contributed by atoms with Gasteiger partial charge >= 0.3 is 0 Å². The Kier molecular flexibility index (Phi) is 4.48. The van der Waals surface area contributed by atoms with Crippen LogP contribution in [0.1, 0.15) is 56.9 Å². The van der Waals surface area contributed by atoms with Gasteiger partial charge in [0.25, 0.3) is 0 Å². The third kappa shape index (κ3) is 3.67. The average Bonchev–Trinajstić information content (AvgIpc) is 3.31. The number of rotatable bonds is 5. The predicted octanol–water partition coefficient (Wildman–Crippen LogP) is 3.40. The number of halogens is 1. The first-order chi connectivity index (χ1) is 10.6. The van der Waals surface area contributed by atoms with E-state index < -0.39 is 5.60 Å². The fourth-order valence-corrected chi connectivity index (χ4v) is 3.39. The molecular weight excluding hydrogens is 281 g/mol. The molecule has 2 aliphatic carbocycles. The number of carbonyl (C=O) groups is 1. The van der Waals surface area contributed by atoms with Gasteiger partial charge in [0.1, 0.15) is 5.82 Å². The lowest BCUT2D eigenvalue weighted by Crippen LogP contribution is -2.41. The van der Waals surface area contributed by atoms with E-state index in [4.69, 9.17) is 0 Å². The van der Waals surface area contributed by atoms with Crippen LogP contribution in [0.3, 0.4) is 0 Å². The fraction of sp³-hybridized carbons (Fsp3) is 0.611. The van der Waals surface area contributed by atoms with E-state index in [0.29, 0.717) is 24.9 Å². The molecule has 2 saturated carbocycles. The van der Waals surface area contributed by atoms with Crippen LogP contribution in [-0.2, 0) is 11.3 Å². The van der Waals surface area contributed by atoms with Gasteiger partial charge in [0, 0.05) is 18.2 Å². The van der Waals surface area contributed by atoms with Crippen LogP contribution in [0.25, 0.3) is 0 Å². The van der Waals surface area contributed by atoms with E-state index >= 15 is 0 Å². The monoisotopic (exact) mass is 305 g/mol. The van der Waals surface area contributed by atoms with Gasteiger partial charge in [-0.05, 0) is 31.7 Å². The normalized spacial score (nSPS) is 20.6. The Hall–Kier alpha value is -1.42. The van der Waals surface area contributed by atoms with Gasteiger partial charge in [-0.25, -0.2) is 4.39 Å². The van der Waals surface area contributed by atoms with Gasteiger partial charge in [0.05, 0.1) is 12.0 Å². The van der Waals surface area contributed by atoms with Crippen molar-refractivity contribution in [3.05, 3.63) is 35.6 Å². The fourth-order valence-electron chi connectivity index (χ4n) is 3.39. The van der Waals surface area contributed by atoms with Crippen LogP contribution in [-0.4, -0.2) is 27.6 Å². The maximum absolute atomic E-state index is 13.8. The quantitative estimate of drug-likeness (QED) is 0.905. The molecule has 0 unspecified atom stereocenters. The third-order valence-corrected chi connectivity index (χ3v) is 4.87. The van der Waals surface area contributed by atoms with Crippen molar-refractivity contribution >= 4 is 5.91 Å². The average molecular weight is 305 g/mol. The summed E-state index contributed by atoms with van der Waals surface area (Å²) in [6.45, 7) is 0.312. The van der Waals surface area contributed by atoms with Crippen molar-refractivity contribution in [2.24, 2.45) is 0 Å². The Morgan fingerprint density at radius 2 is 1.91 bits per heavy atom. The van der Waals surface area contributed by atoms with Crippen molar-refractivity contribution < 1.29 is 14.3 Å². The smallest absolute Gasteiger partial charge is 0.226 e. The van der Waals surface area contributed by atoms with Crippen LogP contribution in [0, 0.1) is 5.82 Å². The lowest BCUT2D eigenvalue weighted by molar-refractivity contribution is -0.139. The molecule has 3 nitrogen and oxygen atoms in total. The Morgan fingerprint density at radius 1 is 1.23 bits per heavy atom. The summed E-state index contributed by atoms with van der Waals surface area (Å²) in [4.78, 5) is 14.4. The largest absolute Gasteiger partial charge is 0.389 e. The van der Waals surface area contributed by atoms with E-state index in [1.165, 1.54) is 6.07 Å². The molecule has 1 amide bonds. The van der Waals surface area contributed by atoms with Crippen molar-refractivity contribution in [1.29, 1.82) is 0 Å². The summed E-state index contributed by atoms with van der Waals surface area (Å²) in [6, 6.07) is 6.84. The maximum atomic E-state index is 13.8. The highest BCUT2D eigenvalue weighted by Crippen LogP contribution is 2.34. The van der Waals surface area contributed by atoms with Gasteiger partial charge < -0.3 is 10.0 Å². The van der Waals surface area contributed by atoms with Crippen LogP contribution >= 0.6 is 0 Å². The SMILES string of the molecule is O=C(CC1(O)CCCCC1)N(Cc1ccccc1F)C1CC1. The molecular formula is C18H24FNO2. The Labute approximate surface area is 131 Å². The van der Waals surface area contributed by atoms with E-state index in [0.717, 1.165) is 32.1 Å². The molecule has 0 heterocycles. The zero-order chi connectivity index (χ0) is 15.6. The van der Waals surface area contributed by atoms with Crippen molar-refractivity contribution in [3.63, 3.8) is 0 Å². The highest BCUT2D eigenvalue weighted by Gasteiger charge is 2.38. The molecule has 1 aromatic carbocycles. The molecule has 0 aromatic heterocycles. The number of benzene rings is 1. The van der Waals surface area contributed by atoms with Gasteiger partial charge in [0.2, 0.25) is 5.91 Å². The Balaban J connectivity index is 1.68. The first-order valence-corrected chi connectivity index (χ1v) is 8.33. The third-order valence-electron chi connectivity index (χ3n) is 4.87. The molecule has 4 heteroatoms. The number of amides is 1. The minimum Gasteiger partial charge on any atom is -0.389 e. The number of carbonyl (C=O) groups excluding carboxylic acids is 1. The second-order valence-corrected chi connectivity index (χ2v) is 6.81. The van der Waals surface area contributed by atoms with Crippen molar-refractivity contribution in [2.45, 2.75) is 69.6 Å². The minimum atomic E-state index is -0.849. The van der Waals surface area contributed by atoms with Gasteiger partial charge in [-0.3, -0.25) is 4.79 Å². The molecule has 22 heavy (non-hydrogen) atoms. The van der Waals surface area contributed by atoms with Crippen LogP contribution < -0.4 is 0 Å². The lowest BCUT2D eigenvalue weighted by Gasteiger charge is -2.34. The van der Waals surface area contributed by atoms with E-state index in [2.05, 4.69) is 0 Å². The first kappa shape index (κ1) is 15.5. The highest BCUT2D eigenvalue weighted by molar-refractivity contribution is 5.78. The second-order valence-electron chi connectivity index (χ2n) is 6.81. The van der Waals surface area contributed by atoms with E-state index in [1.54, 1.807) is 23.1 Å². The number of nitrogens with zero attached hydrogens (tertiary/aromatic N) is 1. The maximum Gasteiger partial charge on any atom is 0.226 e. The summed E-state index contributed by atoms with van der Waals surface area (Å²) < 4.78 is 13.8. The van der Waals surface area contributed by atoms with Crippen LogP contribution in [0.5, 0.6) is 0 Å². The first-order valence-electron chi connectivity index (χ1n) is 8.33. The summed E-state index contributed by atoms with van der Waals surface area (Å²) in [7, 11) is 0.